The molecule has 0 spiro atoms. The number of carboxylic acids is 4. The van der Waals surface area contributed by atoms with Gasteiger partial charge < -0.3 is 20.4 Å². The SMILES string of the molecule is O=C(O)C1(C(=O)O)C=CC=C(SC2=CC=CC(C(=O)O)(C(=O)O)C2)C1. The van der Waals surface area contributed by atoms with Crippen molar-refractivity contribution in [3.8, 4) is 0 Å². The molecule has 2 aliphatic carbocycles. The lowest BCUT2D eigenvalue weighted by Gasteiger charge is -2.28. The van der Waals surface area contributed by atoms with Gasteiger partial charge in [0.2, 0.25) is 0 Å². The topological polar surface area (TPSA) is 149 Å². The molecule has 0 unspecified atom stereocenters. The number of aliphatic carboxylic acids is 4. The van der Waals surface area contributed by atoms with E-state index >= 15 is 0 Å². The smallest absolute Gasteiger partial charge is 0.325 e. The lowest BCUT2D eigenvalue weighted by molar-refractivity contribution is -0.162. The van der Waals surface area contributed by atoms with Crippen LogP contribution in [0.2, 0.25) is 0 Å². The van der Waals surface area contributed by atoms with Crippen LogP contribution in [0.4, 0.5) is 0 Å². The van der Waals surface area contributed by atoms with E-state index in [1.807, 2.05) is 0 Å². The first-order valence-electron chi connectivity index (χ1n) is 7.02. The maximum Gasteiger partial charge on any atom is 0.325 e. The number of hydrogen-bond donors (Lipinski definition) is 4. The van der Waals surface area contributed by atoms with Gasteiger partial charge in [-0.1, -0.05) is 48.2 Å². The summed E-state index contributed by atoms with van der Waals surface area (Å²) in [5, 5.41) is 37.0. The highest BCUT2D eigenvalue weighted by Gasteiger charge is 2.48. The zero-order chi connectivity index (χ0) is 18.8. The van der Waals surface area contributed by atoms with Gasteiger partial charge >= 0.3 is 23.9 Å². The average Bonchev–Trinajstić information content (AvgIpc) is 2.54. The zero-order valence-electron chi connectivity index (χ0n) is 12.7. The first-order chi connectivity index (χ1) is 11.6. The van der Waals surface area contributed by atoms with Crippen LogP contribution in [0.5, 0.6) is 0 Å². The molecule has 0 fully saturated rings. The Hall–Kier alpha value is -2.81. The molecule has 0 aromatic heterocycles. The lowest BCUT2D eigenvalue weighted by Crippen LogP contribution is -2.39. The van der Waals surface area contributed by atoms with Gasteiger partial charge in [-0.2, -0.15) is 0 Å². The van der Waals surface area contributed by atoms with Crippen LogP contribution in [0.15, 0.2) is 46.3 Å². The fraction of sp³-hybridized carbons (Fsp3) is 0.250. The van der Waals surface area contributed by atoms with E-state index in [-0.39, 0.29) is 12.8 Å². The minimum absolute atomic E-state index is 0.312. The summed E-state index contributed by atoms with van der Waals surface area (Å²) in [7, 11) is 0. The number of carboxylic acid groups (broad SMARTS) is 4. The summed E-state index contributed by atoms with van der Waals surface area (Å²) in [6, 6.07) is 0. The molecule has 2 rings (SSSR count). The minimum atomic E-state index is -2.10. The predicted octanol–water partition coefficient (Wildman–Crippen LogP) is 1.72. The number of carbonyl (C=O) groups is 4. The summed E-state index contributed by atoms with van der Waals surface area (Å²) < 4.78 is 0. The molecule has 0 aromatic carbocycles. The molecular formula is C16H14O8S. The van der Waals surface area contributed by atoms with Gasteiger partial charge in [0.05, 0.1) is 0 Å². The first kappa shape index (κ1) is 18.5. The Bertz CT molecular complexity index is 679. The highest BCUT2D eigenvalue weighted by atomic mass is 32.2. The second-order valence-corrected chi connectivity index (χ2v) is 6.86. The average molecular weight is 366 g/mol. The van der Waals surface area contributed by atoms with Gasteiger partial charge in [0, 0.05) is 12.8 Å². The second-order valence-electron chi connectivity index (χ2n) is 5.60. The summed E-state index contributed by atoms with van der Waals surface area (Å²) in [4.78, 5) is 46.3. The molecule has 0 aromatic rings. The van der Waals surface area contributed by atoms with E-state index in [0.29, 0.717) is 9.81 Å². The van der Waals surface area contributed by atoms with Crippen LogP contribution >= 0.6 is 11.8 Å². The highest BCUT2D eigenvalue weighted by molar-refractivity contribution is 8.06. The summed E-state index contributed by atoms with van der Waals surface area (Å²) in [5.74, 6) is -6.04. The van der Waals surface area contributed by atoms with Gasteiger partial charge in [-0.15, -0.1) is 0 Å². The Kier molecular flexibility index (Phi) is 4.89. The standard InChI is InChI=1S/C16H14O8S/c17-11(18)15(12(19)20)5-1-3-9(7-15)25-10-4-2-6-16(8-10,13(21)22)14(23)24/h1-6H,7-8H2,(H,17,18)(H,19,20)(H,21,22)(H,23,24). The van der Waals surface area contributed by atoms with Gasteiger partial charge in [0.15, 0.2) is 10.8 Å². The molecule has 0 radical (unpaired) electrons. The summed E-state index contributed by atoms with van der Waals surface area (Å²) in [6.07, 6.45) is 7.21. The van der Waals surface area contributed by atoms with Crippen molar-refractivity contribution in [1.29, 1.82) is 0 Å². The molecule has 0 atom stereocenters. The van der Waals surface area contributed by atoms with Crippen LogP contribution in [-0.2, 0) is 19.2 Å². The predicted molar refractivity (Wildman–Crippen MR) is 86.7 cm³/mol. The zero-order valence-corrected chi connectivity index (χ0v) is 13.5. The fourth-order valence-corrected chi connectivity index (χ4v) is 3.73. The van der Waals surface area contributed by atoms with E-state index in [0.717, 1.165) is 23.9 Å². The van der Waals surface area contributed by atoms with Crippen molar-refractivity contribution in [2.24, 2.45) is 10.8 Å². The van der Waals surface area contributed by atoms with Crippen LogP contribution in [0.1, 0.15) is 12.8 Å². The third kappa shape index (κ3) is 3.22. The van der Waals surface area contributed by atoms with Crippen molar-refractivity contribution in [2.45, 2.75) is 12.8 Å². The van der Waals surface area contributed by atoms with Crippen molar-refractivity contribution < 1.29 is 39.6 Å². The van der Waals surface area contributed by atoms with Crippen LogP contribution in [0.25, 0.3) is 0 Å². The molecule has 2 aliphatic rings. The molecule has 0 saturated carbocycles. The van der Waals surface area contributed by atoms with E-state index < -0.39 is 34.7 Å². The molecule has 0 saturated heterocycles. The Morgan fingerprint density at radius 1 is 0.720 bits per heavy atom. The van der Waals surface area contributed by atoms with Gasteiger partial charge in [-0.25, -0.2) is 0 Å². The van der Waals surface area contributed by atoms with Crippen molar-refractivity contribution >= 4 is 35.6 Å². The van der Waals surface area contributed by atoms with Crippen LogP contribution in [0.3, 0.4) is 0 Å². The van der Waals surface area contributed by atoms with E-state index in [9.17, 15) is 39.6 Å². The first-order valence-corrected chi connectivity index (χ1v) is 7.84. The molecule has 0 bridgehead atoms. The van der Waals surface area contributed by atoms with Gasteiger partial charge in [0.1, 0.15) is 0 Å². The molecule has 25 heavy (non-hydrogen) atoms. The lowest BCUT2D eigenvalue weighted by atomic mass is 9.81. The Morgan fingerprint density at radius 3 is 1.32 bits per heavy atom. The summed E-state index contributed by atoms with van der Waals surface area (Å²) >= 11 is 0.982. The maximum absolute atomic E-state index is 11.4. The Labute approximate surface area is 145 Å². The molecule has 4 N–H and O–H groups in total. The molecule has 0 amide bonds. The third-order valence-electron chi connectivity index (χ3n) is 4.02. The van der Waals surface area contributed by atoms with Gasteiger partial charge in [-0.3, -0.25) is 19.2 Å². The molecule has 8 nitrogen and oxygen atoms in total. The van der Waals surface area contributed by atoms with E-state index in [2.05, 4.69) is 0 Å². The quantitative estimate of drug-likeness (QED) is 0.515. The Morgan fingerprint density at radius 2 is 1.04 bits per heavy atom. The van der Waals surface area contributed by atoms with Crippen LogP contribution in [0, 0.1) is 10.8 Å². The van der Waals surface area contributed by atoms with Crippen molar-refractivity contribution in [1.82, 2.24) is 0 Å². The molecule has 132 valence electrons. The van der Waals surface area contributed by atoms with Crippen molar-refractivity contribution in [3.05, 3.63) is 46.3 Å². The Balaban J connectivity index is 2.24. The van der Waals surface area contributed by atoms with Gasteiger partial charge in [0.25, 0.3) is 0 Å². The second kappa shape index (κ2) is 6.60. The van der Waals surface area contributed by atoms with Gasteiger partial charge in [-0.05, 0) is 9.81 Å². The molecule has 0 aliphatic heterocycles. The minimum Gasteiger partial charge on any atom is -0.480 e. The monoisotopic (exact) mass is 366 g/mol. The third-order valence-corrected chi connectivity index (χ3v) is 5.11. The normalized spacial score (nSPS) is 20.3. The van der Waals surface area contributed by atoms with E-state index in [1.54, 1.807) is 0 Å². The summed E-state index contributed by atoms with van der Waals surface area (Å²) in [6.45, 7) is 0. The highest BCUT2D eigenvalue weighted by Crippen LogP contribution is 2.45. The van der Waals surface area contributed by atoms with Crippen LogP contribution < -0.4 is 0 Å². The number of thioether (sulfide) groups is 1. The number of allylic oxidation sites excluding steroid dienone is 6. The van der Waals surface area contributed by atoms with Crippen molar-refractivity contribution in [3.63, 3.8) is 0 Å². The number of rotatable bonds is 6. The maximum atomic E-state index is 11.4. The number of hydrogen-bond acceptors (Lipinski definition) is 5. The van der Waals surface area contributed by atoms with E-state index in [1.165, 1.54) is 24.3 Å². The molecule has 9 heteroatoms. The van der Waals surface area contributed by atoms with Crippen LogP contribution in [-0.4, -0.2) is 44.3 Å². The van der Waals surface area contributed by atoms with Crippen molar-refractivity contribution in [2.75, 3.05) is 0 Å². The molecular weight excluding hydrogens is 352 g/mol. The summed E-state index contributed by atoms with van der Waals surface area (Å²) in [5.41, 5.74) is -4.20. The molecule has 0 heterocycles. The fourth-order valence-electron chi connectivity index (χ4n) is 2.50. The van der Waals surface area contributed by atoms with E-state index in [4.69, 9.17) is 0 Å². The largest absolute Gasteiger partial charge is 0.480 e.